The predicted octanol–water partition coefficient (Wildman–Crippen LogP) is 1.91. The van der Waals surface area contributed by atoms with Crippen LogP contribution in [0.5, 0.6) is 0 Å². The van der Waals surface area contributed by atoms with Crippen molar-refractivity contribution in [3.8, 4) is 0 Å². The van der Waals surface area contributed by atoms with Crippen LogP contribution in [0.1, 0.15) is 18.4 Å². The van der Waals surface area contributed by atoms with Crippen molar-refractivity contribution in [2.75, 3.05) is 26.7 Å². The normalized spacial score (nSPS) is 17.8. The summed E-state index contributed by atoms with van der Waals surface area (Å²) in [6.07, 6.45) is 3.00. The Balaban J connectivity index is 1.75. The van der Waals surface area contributed by atoms with E-state index in [0.29, 0.717) is 24.9 Å². The zero-order valence-corrected chi connectivity index (χ0v) is 11.0. The number of benzene rings is 1. The average molecular weight is 247 g/mol. The molecule has 1 aromatic carbocycles. The van der Waals surface area contributed by atoms with Gasteiger partial charge in [-0.15, -0.1) is 0 Å². The van der Waals surface area contributed by atoms with Crippen molar-refractivity contribution in [2.24, 2.45) is 0 Å². The molecule has 1 heterocycles. The second kappa shape index (κ2) is 6.66. The third kappa shape index (κ3) is 3.93. The Hall–Kier alpha value is -1.19. The highest BCUT2D eigenvalue weighted by atomic mass is 16.5. The molecule has 1 fully saturated rings. The smallest absolute Gasteiger partial charge is 0.151 e. The minimum absolute atomic E-state index is 0.303. The highest BCUT2D eigenvalue weighted by molar-refractivity contribution is 5.82. The molecule has 1 aliphatic rings. The molecule has 3 nitrogen and oxygen atoms in total. The number of piperidine rings is 1. The second-order valence-electron chi connectivity index (χ2n) is 4.91. The topological polar surface area (TPSA) is 29.5 Å². The van der Waals surface area contributed by atoms with E-state index in [1.54, 1.807) is 7.11 Å². The van der Waals surface area contributed by atoms with Gasteiger partial charge in [-0.3, -0.25) is 9.69 Å². The van der Waals surface area contributed by atoms with E-state index in [2.05, 4.69) is 4.90 Å². The number of nitrogens with zero attached hydrogens (tertiary/aromatic N) is 1. The number of hydrogen-bond donors (Lipinski definition) is 0. The van der Waals surface area contributed by atoms with Crippen molar-refractivity contribution in [1.29, 1.82) is 0 Å². The molecule has 0 saturated carbocycles. The summed E-state index contributed by atoms with van der Waals surface area (Å²) in [5.41, 5.74) is 1.11. The first-order valence-corrected chi connectivity index (χ1v) is 6.58. The molecule has 1 aliphatic heterocycles. The summed E-state index contributed by atoms with van der Waals surface area (Å²) in [5, 5.41) is 0. The van der Waals surface area contributed by atoms with Gasteiger partial charge in [0.25, 0.3) is 0 Å². The fourth-order valence-electron chi connectivity index (χ4n) is 2.43. The van der Waals surface area contributed by atoms with Gasteiger partial charge in [-0.25, -0.2) is 0 Å². The zero-order chi connectivity index (χ0) is 12.8. The lowest BCUT2D eigenvalue weighted by atomic mass is 10.1. The number of methoxy groups -OCH3 is 1. The van der Waals surface area contributed by atoms with E-state index in [1.165, 1.54) is 0 Å². The predicted molar refractivity (Wildman–Crippen MR) is 71.6 cm³/mol. The number of hydrogen-bond acceptors (Lipinski definition) is 3. The molecule has 0 amide bonds. The van der Waals surface area contributed by atoms with Crippen molar-refractivity contribution in [3.63, 3.8) is 0 Å². The van der Waals surface area contributed by atoms with E-state index < -0.39 is 0 Å². The van der Waals surface area contributed by atoms with Crippen molar-refractivity contribution < 1.29 is 9.53 Å². The van der Waals surface area contributed by atoms with Crippen LogP contribution in [-0.2, 0) is 16.0 Å². The number of carbonyl (C=O) groups excluding carboxylic acids is 1. The standard InChI is InChI=1S/C15H21NO2/c1-18-15-7-9-16(10-8-15)12-14(17)11-13-5-3-2-4-6-13/h2-6,15H,7-12H2,1H3. The summed E-state index contributed by atoms with van der Waals surface area (Å²) in [5.74, 6) is 0.303. The Morgan fingerprint density at radius 1 is 1.28 bits per heavy atom. The molecular formula is C15H21NO2. The van der Waals surface area contributed by atoms with E-state index in [4.69, 9.17) is 4.74 Å². The van der Waals surface area contributed by atoms with Gasteiger partial charge in [-0.1, -0.05) is 30.3 Å². The van der Waals surface area contributed by atoms with Crippen LogP contribution >= 0.6 is 0 Å². The van der Waals surface area contributed by atoms with Crippen molar-refractivity contribution in [1.82, 2.24) is 4.90 Å². The molecule has 2 rings (SSSR count). The maximum Gasteiger partial charge on any atom is 0.151 e. The molecule has 0 N–H and O–H groups in total. The summed E-state index contributed by atoms with van der Waals surface area (Å²) in [6.45, 7) is 2.52. The highest BCUT2D eigenvalue weighted by Crippen LogP contribution is 2.12. The number of rotatable bonds is 5. The van der Waals surface area contributed by atoms with Gasteiger partial charge in [0.05, 0.1) is 12.6 Å². The van der Waals surface area contributed by atoms with Gasteiger partial charge in [-0.05, 0) is 18.4 Å². The minimum atomic E-state index is 0.303. The summed E-state index contributed by atoms with van der Waals surface area (Å²) < 4.78 is 5.33. The Kier molecular flexibility index (Phi) is 4.90. The first kappa shape index (κ1) is 13.2. The molecule has 1 aromatic rings. The lowest BCUT2D eigenvalue weighted by Gasteiger charge is -2.30. The molecule has 0 radical (unpaired) electrons. The first-order valence-electron chi connectivity index (χ1n) is 6.58. The number of ether oxygens (including phenoxy) is 1. The van der Waals surface area contributed by atoms with Gasteiger partial charge in [0.1, 0.15) is 0 Å². The van der Waals surface area contributed by atoms with Gasteiger partial charge < -0.3 is 4.74 Å². The van der Waals surface area contributed by atoms with E-state index in [9.17, 15) is 4.79 Å². The minimum Gasteiger partial charge on any atom is -0.381 e. The van der Waals surface area contributed by atoms with Crippen molar-refractivity contribution in [3.05, 3.63) is 35.9 Å². The van der Waals surface area contributed by atoms with Gasteiger partial charge in [0, 0.05) is 26.6 Å². The summed E-state index contributed by atoms with van der Waals surface area (Å²) in [4.78, 5) is 14.2. The van der Waals surface area contributed by atoms with E-state index in [0.717, 1.165) is 31.5 Å². The Labute approximate surface area is 109 Å². The lowest BCUT2D eigenvalue weighted by molar-refractivity contribution is -0.120. The number of ketones is 1. The van der Waals surface area contributed by atoms with E-state index in [1.807, 2.05) is 30.3 Å². The van der Waals surface area contributed by atoms with E-state index >= 15 is 0 Å². The largest absolute Gasteiger partial charge is 0.381 e. The monoisotopic (exact) mass is 247 g/mol. The maximum absolute atomic E-state index is 12.0. The van der Waals surface area contributed by atoms with Crippen molar-refractivity contribution >= 4 is 5.78 Å². The van der Waals surface area contributed by atoms with Crippen LogP contribution in [-0.4, -0.2) is 43.5 Å². The molecule has 0 bridgehead atoms. The number of carbonyl (C=O) groups is 1. The molecule has 0 atom stereocenters. The van der Waals surface area contributed by atoms with Gasteiger partial charge in [0.15, 0.2) is 5.78 Å². The molecule has 0 unspecified atom stereocenters. The molecule has 3 heteroatoms. The molecule has 0 aromatic heterocycles. The second-order valence-corrected chi connectivity index (χ2v) is 4.91. The van der Waals surface area contributed by atoms with Gasteiger partial charge in [0.2, 0.25) is 0 Å². The average Bonchev–Trinajstić information content (AvgIpc) is 2.40. The molecule has 1 saturated heterocycles. The van der Waals surface area contributed by atoms with Crippen molar-refractivity contribution in [2.45, 2.75) is 25.4 Å². The Bertz CT molecular complexity index is 369. The number of Topliss-reactive ketones (excluding diaryl/α,β-unsaturated/α-hetero) is 1. The van der Waals surface area contributed by atoms with Crippen LogP contribution in [0.2, 0.25) is 0 Å². The Morgan fingerprint density at radius 2 is 1.94 bits per heavy atom. The molecular weight excluding hydrogens is 226 g/mol. The van der Waals surface area contributed by atoms with Crippen LogP contribution in [0.4, 0.5) is 0 Å². The highest BCUT2D eigenvalue weighted by Gasteiger charge is 2.20. The van der Waals surface area contributed by atoms with Crippen LogP contribution in [0.3, 0.4) is 0 Å². The summed E-state index contributed by atoms with van der Waals surface area (Å²) in [6, 6.07) is 9.95. The third-order valence-electron chi connectivity index (χ3n) is 3.51. The van der Waals surface area contributed by atoms with Crippen LogP contribution < -0.4 is 0 Å². The summed E-state index contributed by atoms with van der Waals surface area (Å²) >= 11 is 0. The fourth-order valence-corrected chi connectivity index (χ4v) is 2.43. The first-order chi connectivity index (χ1) is 8.78. The quantitative estimate of drug-likeness (QED) is 0.796. The molecule has 98 valence electrons. The van der Waals surface area contributed by atoms with E-state index in [-0.39, 0.29) is 0 Å². The zero-order valence-electron chi connectivity index (χ0n) is 11.0. The third-order valence-corrected chi connectivity index (χ3v) is 3.51. The molecule has 0 aliphatic carbocycles. The SMILES string of the molecule is COC1CCN(CC(=O)Cc2ccccc2)CC1. The maximum atomic E-state index is 12.0. The molecule has 0 spiro atoms. The fraction of sp³-hybridized carbons (Fsp3) is 0.533. The van der Waals surface area contributed by atoms with Crippen LogP contribution in [0, 0.1) is 0 Å². The molecule has 18 heavy (non-hydrogen) atoms. The lowest BCUT2D eigenvalue weighted by Crippen LogP contribution is -2.39. The van der Waals surface area contributed by atoms with Gasteiger partial charge >= 0.3 is 0 Å². The van der Waals surface area contributed by atoms with Crippen LogP contribution in [0.25, 0.3) is 0 Å². The van der Waals surface area contributed by atoms with Crippen LogP contribution in [0.15, 0.2) is 30.3 Å². The Morgan fingerprint density at radius 3 is 2.56 bits per heavy atom. The van der Waals surface area contributed by atoms with Gasteiger partial charge in [-0.2, -0.15) is 0 Å². The summed E-state index contributed by atoms with van der Waals surface area (Å²) in [7, 11) is 1.76. The number of likely N-dealkylation sites (tertiary alicyclic amines) is 1.